The lowest BCUT2D eigenvalue weighted by atomic mass is 9.98. The van der Waals surface area contributed by atoms with Gasteiger partial charge in [-0.15, -0.1) is 0 Å². The van der Waals surface area contributed by atoms with Gasteiger partial charge in [-0.2, -0.15) is 0 Å². The van der Waals surface area contributed by atoms with E-state index >= 15 is 0 Å². The third-order valence-corrected chi connectivity index (χ3v) is 11.0. The maximum Gasteiger partial charge on any atom is 0.306 e. The maximum absolute atomic E-state index is 12.8. The van der Waals surface area contributed by atoms with Gasteiger partial charge in [0.1, 0.15) is 54.9 Å². The number of unbranched alkanes of at least 4 members (excludes halogenated alkanes) is 10. The highest BCUT2D eigenvalue weighted by atomic mass is 16.7. The molecule has 0 bridgehead atoms. The average Bonchev–Trinajstić information content (AvgIpc) is 3.29. The van der Waals surface area contributed by atoms with Gasteiger partial charge in [-0.05, 0) is 64.2 Å². The number of esters is 1. The van der Waals surface area contributed by atoms with E-state index in [1.165, 1.54) is 0 Å². The number of carbonyl (C=O) groups is 1. The van der Waals surface area contributed by atoms with Crippen LogP contribution < -0.4 is 0 Å². The molecule has 2 rings (SSSR count). The van der Waals surface area contributed by atoms with Crippen LogP contribution in [0.3, 0.4) is 0 Å². The number of aliphatic hydroxyl groups is 7. The van der Waals surface area contributed by atoms with Crippen LogP contribution in [-0.2, 0) is 33.2 Å². The summed E-state index contributed by atoms with van der Waals surface area (Å²) < 4.78 is 34.0. The highest BCUT2D eigenvalue weighted by Crippen LogP contribution is 2.26. The van der Waals surface area contributed by atoms with Gasteiger partial charge in [0.2, 0.25) is 0 Å². The van der Waals surface area contributed by atoms with E-state index in [2.05, 4.69) is 86.8 Å². The first-order valence-electron chi connectivity index (χ1n) is 24.0. The predicted molar refractivity (Wildman–Crippen MR) is 247 cm³/mol. The molecular weight excluding hydrogens is 825 g/mol. The number of ether oxygens (including phenoxy) is 6. The minimum Gasteiger partial charge on any atom is -0.457 e. The fourth-order valence-corrected chi connectivity index (χ4v) is 7.05. The summed E-state index contributed by atoms with van der Waals surface area (Å²) in [4.78, 5) is 12.8. The maximum atomic E-state index is 12.8. The molecular formula is C50H84O14. The fraction of sp³-hybridized carbons (Fsp3) is 0.740. The topological polar surface area (TPSA) is 214 Å². The zero-order valence-electron chi connectivity index (χ0n) is 38.7. The van der Waals surface area contributed by atoms with Crippen LogP contribution in [0.25, 0.3) is 0 Å². The first-order valence-corrected chi connectivity index (χ1v) is 24.0. The summed E-state index contributed by atoms with van der Waals surface area (Å²) in [7, 11) is 0. The molecule has 14 nitrogen and oxygen atoms in total. The molecule has 0 radical (unpaired) electrons. The van der Waals surface area contributed by atoms with Crippen LogP contribution in [0.4, 0.5) is 0 Å². The van der Waals surface area contributed by atoms with Crippen molar-refractivity contribution >= 4 is 5.97 Å². The first kappa shape index (κ1) is 57.6. The number of hydrogen-bond donors (Lipinski definition) is 7. The number of allylic oxidation sites excluding steroid dienone is 12. The molecule has 0 saturated carbocycles. The van der Waals surface area contributed by atoms with Crippen LogP contribution in [0.15, 0.2) is 72.9 Å². The zero-order valence-corrected chi connectivity index (χ0v) is 38.7. The summed E-state index contributed by atoms with van der Waals surface area (Å²) in [6.07, 6.45) is 28.7. The van der Waals surface area contributed by atoms with Crippen LogP contribution >= 0.6 is 0 Å². The second kappa shape index (κ2) is 37.5. The van der Waals surface area contributed by atoms with Crippen molar-refractivity contribution < 1.29 is 69.0 Å². The summed E-state index contributed by atoms with van der Waals surface area (Å²) in [5.41, 5.74) is 0. The van der Waals surface area contributed by atoms with Crippen molar-refractivity contribution in [2.24, 2.45) is 0 Å². The molecule has 2 aliphatic rings. The molecule has 64 heavy (non-hydrogen) atoms. The summed E-state index contributed by atoms with van der Waals surface area (Å²) in [6, 6.07) is 0. The second-order valence-electron chi connectivity index (χ2n) is 16.6. The molecule has 368 valence electrons. The van der Waals surface area contributed by atoms with Crippen molar-refractivity contribution in [1.29, 1.82) is 0 Å². The number of carbonyl (C=O) groups excluding carboxylic acids is 1. The Balaban J connectivity index is 1.70. The van der Waals surface area contributed by atoms with Crippen LogP contribution in [0, 0.1) is 0 Å². The summed E-state index contributed by atoms with van der Waals surface area (Å²) in [5.74, 6) is -0.397. The van der Waals surface area contributed by atoms with E-state index in [1.807, 2.05) is 0 Å². The van der Waals surface area contributed by atoms with E-state index < -0.39 is 86.7 Å². The van der Waals surface area contributed by atoms with Crippen molar-refractivity contribution in [2.45, 2.75) is 203 Å². The molecule has 14 heteroatoms. The molecule has 7 N–H and O–H groups in total. The Bertz CT molecular complexity index is 1330. The Kier molecular flexibility index (Phi) is 33.7. The molecule has 0 spiro atoms. The van der Waals surface area contributed by atoms with Crippen molar-refractivity contribution in [2.75, 3.05) is 33.0 Å². The SMILES string of the molecule is CC/C=C\C/C=C\C/C=C\C/C=C\C/C=C\C/C=C\CCCCCCCOCC(COC1OC(COC2OC(CO)C(O)C(O)C2O)C(O)C(O)C1O)OC(=O)CCCCCCCC. The molecule has 2 aliphatic heterocycles. The highest BCUT2D eigenvalue weighted by molar-refractivity contribution is 5.69. The third-order valence-electron chi connectivity index (χ3n) is 11.0. The smallest absolute Gasteiger partial charge is 0.306 e. The molecule has 11 unspecified atom stereocenters. The number of aliphatic hydroxyl groups excluding tert-OH is 7. The predicted octanol–water partition coefficient (Wildman–Crippen LogP) is 6.34. The van der Waals surface area contributed by atoms with E-state index in [0.29, 0.717) is 13.0 Å². The Labute approximate surface area is 383 Å². The Morgan fingerprint density at radius 3 is 1.59 bits per heavy atom. The van der Waals surface area contributed by atoms with Gasteiger partial charge in [0, 0.05) is 13.0 Å². The van der Waals surface area contributed by atoms with Crippen molar-refractivity contribution in [3.05, 3.63) is 72.9 Å². The second-order valence-corrected chi connectivity index (χ2v) is 16.6. The Hall–Kier alpha value is -2.57. The summed E-state index contributed by atoms with van der Waals surface area (Å²) in [6.45, 7) is 3.42. The quantitative estimate of drug-likeness (QED) is 0.0208. The fourth-order valence-electron chi connectivity index (χ4n) is 7.05. The molecule has 0 amide bonds. The lowest BCUT2D eigenvalue weighted by Crippen LogP contribution is -2.61. The molecule has 0 aliphatic carbocycles. The van der Waals surface area contributed by atoms with Gasteiger partial charge in [0.05, 0.1) is 26.4 Å². The molecule has 2 saturated heterocycles. The summed E-state index contributed by atoms with van der Waals surface area (Å²) in [5, 5.41) is 71.8. The molecule has 11 atom stereocenters. The van der Waals surface area contributed by atoms with E-state index in [-0.39, 0.29) is 19.6 Å². The molecule has 0 aromatic rings. The third kappa shape index (κ3) is 25.4. The summed E-state index contributed by atoms with van der Waals surface area (Å²) >= 11 is 0. The largest absolute Gasteiger partial charge is 0.457 e. The molecule has 2 heterocycles. The molecule has 2 fully saturated rings. The monoisotopic (exact) mass is 909 g/mol. The van der Waals surface area contributed by atoms with Gasteiger partial charge in [0.15, 0.2) is 12.6 Å². The minimum absolute atomic E-state index is 0.0442. The zero-order chi connectivity index (χ0) is 46.6. The van der Waals surface area contributed by atoms with Gasteiger partial charge in [-0.1, -0.05) is 138 Å². The normalized spacial score (nSPS) is 27.4. The van der Waals surface area contributed by atoms with Crippen LogP contribution in [0.5, 0.6) is 0 Å². The lowest BCUT2D eigenvalue weighted by Gasteiger charge is -2.42. The highest BCUT2D eigenvalue weighted by Gasteiger charge is 2.47. The van der Waals surface area contributed by atoms with E-state index in [1.54, 1.807) is 0 Å². The van der Waals surface area contributed by atoms with Crippen molar-refractivity contribution in [3.63, 3.8) is 0 Å². The number of rotatable bonds is 36. The minimum atomic E-state index is -1.71. The lowest BCUT2D eigenvalue weighted by molar-refractivity contribution is -0.332. The first-order chi connectivity index (χ1) is 31.1. The van der Waals surface area contributed by atoms with E-state index in [4.69, 9.17) is 28.4 Å². The standard InChI is InChI=1S/C50H84O14/c1-3-5-7-9-11-12-13-14-15-16-17-18-19-20-21-22-23-24-25-26-27-28-30-32-34-59-36-39(62-42(52)33-31-29-10-8-6-4-2)37-60-49-48(58)46(56)44(54)41(64-49)38-61-50-47(57)45(55)43(53)40(35-51)63-50/h5,7,11-12,14-15,17-18,20-21,23-24,39-41,43-51,53-58H,3-4,6,8-10,13,16,19,22,25-38H2,1-2H3/b7-5-,12-11-,15-14-,18-17-,21-20-,24-23-. The van der Waals surface area contributed by atoms with Crippen molar-refractivity contribution in [3.8, 4) is 0 Å². The molecule has 0 aromatic carbocycles. The average molecular weight is 909 g/mol. The van der Waals surface area contributed by atoms with Gasteiger partial charge < -0.3 is 64.2 Å². The Morgan fingerprint density at radius 1 is 0.531 bits per heavy atom. The Morgan fingerprint density at radius 2 is 1.02 bits per heavy atom. The van der Waals surface area contributed by atoms with Gasteiger partial charge in [-0.25, -0.2) is 0 Å². The van der Waals surface area contributed by atoms with Crippen LogP contribution in [0.1, 0.15) is 136 Å². The van der Waals surface area contributed by atoms with E-state index in [9.17, 15) is 40.5 Å². The van der Waals surface area contributed by atoms with Crippen LogP contribution in [-0.4, -0.2) is 142 Å². The molecule has 0 aromatic heterocycles. The van der Waals surface area contributed by atoms with Gasteiger partial charge in [-0.3, -0.25) is 4.79 Å². The van der Waals surface area contributed by atoms with Gasteiger partial charge in [0.25, 0.3) is 0 Å². The van der Waals surface area contributed by atoms with Crippen LogP contribution in [0.2, 0.25) is 0 Å². The number of hydrogen-bond acceptors (Lipinski definition) is 14. The van der Waals surface area contributed by atoms with Crippen molar-refractivity contribution in [1.82, 2.24) is 0 Å². The van der Waals surface area contributed by atoms with E-state index in [0.717, 1.165) is 109 Å². The van der Waals surface area contributed by atoms with Gasteiger partial charge >= 0.3 is 5.97 Å².